The Labute approximate surface area is 139 Å². The standard InChI is InChI=1S/C13H12N6O4S/c1-8-5-11(19(21)22)16-18(8)7-10-15-13(23-17-10)12(20)14-6-9-3-2-4-24-9/h2-5H,6-7H2,1H3,(H,14,20). The molecule has 3 heterocycles. The van der Waals surface area contributed by atoms with Gasteiger partial charge in [-0.05, 0) is 23.3 Å². The quantitative estimate of drug-likeness (QED) is 0.528. The van der Waals surface area contributed by atoms with Crippen LogP contribution < -0.4 is 5.32 Å². The summed E-state index contributed by atoms with van der Waals surface area (Å²) in [4.78, 5) is 27.1. The first kappa shape index (κ1) is 15.8. The molecule has 0 aromatic carbocycles. The summed E-state index contributed by atoms with van der Waals surface area (Å²) in [6.07, 6.45) is 0. The Bertz CT molecular complexity index is 869. The van der Waals surface area contributed by atoms with E-state index in [2.05, 4.69) is 20.6 Å². The van der Waals surface area contributed by atoms with Gasteiger partial charge in [-0.25, -0.2) is 0 Å². The van der Waals surface area contributed by atoms with Crippen LogP contribution in [0.4, 0.5) is 5.82 Å². The summed E-state index contributed by atoms with van der Waals surface area (Å²) in [6.45, 7) is 2.12. The van der Waals surface area contributed by atoms with Crippen LogP contribution in [0.1, 0.15) is 27.1 Å². The molecule has 0 aliphatic heterocycles. The molecule has 0 bridgehead atoms. The van der Waals surface area contributed by atoms with Crippen LogP contribution in [-0.2, 0) is 13.1 Å². The maximum absolute atomic E-state index is 12.0. The lowest BCUT2D eigenvalue weighted by Crippen LogP contribution is -2.22. The summed E-state index contributed by atoms with van der Waals surface area (Å²) in [7, 11) is 0. The molecule has 24 heavy (non-hydrogen) atoms. The number of aryl methyl sites for hydroxylation is 1. The highest BCUT2D eigenvalue weighted by atomic mass is 32.1. The highest BCUT2D eigenvalue weighted by Crippen LogP contribution is 2.12. The van der Waals surface area contributed by atoms with Crippen molar-refractivity contribution in [2.75, 3.05) is 0 Å². The van der Waals surface area contributed by atoms with Crippen molar-refractivity contribution in [1.29, 1.82) is 0 Å². The topological polar surface area (TPSA) is 129 Å². The molecule has 3 aromatic heterocycles. The molecule has 0 saturated carbocycles. The van der Waals surface area contributed by atoms with Gasteiger partial charge in [0.1, 0.15) is 6.54 Å². The van der Waals surface area contributed by atoms with Crippen LogP contribution in [0.2, 0.25) is 0 Å². The van der Waals surface area contributed by atoms with Crippen LogP contribution in [0.5, 0.6) is 0 Å². The zero-order valence-corrected chi connectivity index (χ0v) is 13.3. The Kier molecular flexibility index (Phi) is 4.33. The minimum atomic E-state index is -0.580. The fourth-order valence-corrected chi connectivity index (χ4v) is 2.59. The van der Waals surface area contributed by atoms with Crippen LogP contribution >= 0.6 is 11.3 Å². The number of nitro groups is 1. The number of amides is 1. The van der Waals surface area contributed by atoms with Gasteiger partial charge in [-0.3, -0.25) is 4.79 Å². The monoisotopic (exact) mass is 348 g/mol. The summed E-state index contributed by atoms with van der Waals surface area (Å²) in [5.74, 6) is -0.700. The van der Waals surface area contributed by atoms with Gasteiger partial charge in [0.2, 0.25) is 0 Å². The predicted molar refractivity (Wildman–Crippen MR) is 82.5 cm³/mol. The molecule has 3 aromatic rings. The highest BCUT2D eigenvalue weighted by Gasteiger charge is 2.19. The highest BCUT2D eigenvalue weighted by molar-refractivity contribution is 7.09. The van der Waals surface area contributed by atoms with Crippen molar-refractivity contribution in [1.82, 2.24) is 25.2 Å². The molecule has 0 aliphatic carbocycles. The average molecular weight is 348 g/mol. The van der Waals surface area contributed by atoms with Crippen molar-refractivity contribution in [3.05, 3.63) is 56.0 Å². The smallest absolute Gasteiger partial charge is 0.358 e. The molecule has 0 radical (unpaired) electrons. The van der Waals surface area contributed by atoms with Crippen molar-refractivity contribution < 1.29 is 14.2 Å². The first-order chi connectivity index (χ1) is 11.5. The first-order valence-corrected chi connectivity index (χ1v) is 7.73. The second kappa shape index (κ2) is 6.58. The van der Waals surface area contributed by atoms with E-state index in [0.29, 0.717) is 12.2 Å². The summed E-state index contributed by atoms with van der Waals surface area (Å²) in [6, 6.07) is 5.13. The molecule has 1 N–H and O–H groups in total. The Morgan fingerprint density at radius 2 is 2.38 bits per heavy atom. The SMILES string of the molecule is Cc1cc([N+](=O)[O-])nn1Cc1noc(C(=O)NCc2cccs2)n1. The van der Waals surface area contributed by atoms with Gasteiger partial charge in [-0.2, -0.15) is 9.67 Å². The number of carbonyl (C=O) groups excluding carboxylic acids is 1. The largest absolute Gasteiger partial charge is 0.390 e. The molecule has 3 rings (SSSR count). The third-order valence-electron chi connectivity index (χ3n) is 3.11. The van der Waals surface area contributed by atoms with E-state index < -0.39 is 10.8 Å². The Balaban J connectivity index is 1.64. The predicted octanol–water partition coefficient (Wildman–Crippen LogP) is 1.52. The molecular formula is C13H12N6O4S. The zero-order valence-electron chi connectivity index (χ0n) is 12.5. The maximum atomic E-state index is 12.0. The Morgan fingerprint density at radius 3 is 3.04 bits per heavy atom. The van der Waals surface area contributed by atoms with Gasteiger partial charge in [0, 0.05) is 4.88 Å². The Hall–Kier alpha value is -3.08. The van der Waals surface area contributed by atoms with E-state index in [9.17, 15) is 14.9 Å². The van der Waals surface area contributed by atoms with E-state index in [4.69, 9.17) is 4.52 Å². The van der Waals surface area contributed by atoms with Crippen LogP contribution in [0.25, 0.3) is 0 Å². The second-order valence-electron chi connectivity index (χ2n) is 4.84. The first-order valence-electron chi connectivity index (χ1n) is 6.85. The van der Waals surface area contributed by atoms with Gasteiger partial charge < -0.3 is 20.0 Å². The lowest BCUT2D eigenvalue weighted by molar-refractivity contribution is -0.389. The minimum Gasteiger partial charge on any atom is -0.358 e. The van der Waals surface area contributed by atoms with Crippen molar-refractivity contribution in [2.24, 2.45) is 0 Å². The third-order valence-corrected chi connectivity index (χ3v) is 3.99. The van der Waals surface area contributed by atoms with Crippen LogP contribution in [-0.4, -0.2) is 30.8 Å². The Morgan fingerprint density at radius 1 is 1.54 bits per heavy atom. The van der Waals surface area contributed by atoms with E-state index in [0.717, 1.165) is 4.88 Å². The fraction of sp³-hybridized carbons (Fsp3) is 0.231. The number of rotatable bonds is 6. The summed E-state index contributed by atoms with van der Waals surface area (Å²) in [5, 5.41) is 22.8. The van der Waals surface area contributed by atoms with Crippen LogP contribution in [0.15, 0.2) is 28.1 Å². The van der Waals surface area contributed by atoms with Crippen LogP contribution in [0, 0.1) is 17.0 Å². The van der Waals surface area contributed by atoms with E-state index in [1.807, 2.05) is 17.5 Å². The molecular weight excluding hydrogens is 336 g/mol. The van der Waals surface area contributed by atoms with Gasteiger partial charge in [0.25, 0.3) is 0 Å². The molecule has 0 aliphatic rings. The molecule has 1 amide bonds. The lowest BCUT2D eigenvalue weighted by Gasteiger charge is -1.98. The van der Waals surface area contributed by atoms with Gasteiger partial charge in [0.05, 0.1) is 23.4 Å². The van der Waals surface area contributed by atoms with Gasteiger partial charge in [-0.1, -0.05) is 11.2 Å². The van der Waals surface area contributed by atoms with Crippen molar-refractivity contribution >= 4 is 23.1 Å². The fourth-order valence-electron chi connectivity index (χ4n) is 1.94. The van der Waals surface area contributed by atoms with Gasteiger partial charge >= 0.3 is 17.6 Å². The molecule has 124 valence electrons. The maximum Gasteiger partial charge on any atom is 0.390 e. The molecule has 10 nitrogen and oxygen atoms in total. The number of hydrogen-bond acceptors (Lipinski definition) is 8. The van der Waals surface area contributed by atoms with E-state index in [1.165, 1.54) is 22.1 Å². The average Bonchev–Trinajstić information content (AvgIpc) is 3.27. The number of nitrogens with one attached hydrogen (secondary N) is 1. The number of hydrogen-bond donors (Lipinski definition) is 1. The van der Waals surface area contributed by atoms with E-state index in [1.54, 1.807) is 6.92 Å². The lowest BCUT2D eigenvalue weighted by atomic mass is 10.4. The number of nitrogens with zero attached hydrogens (tertiary/aromatic N) is 5. The summed E-state index contributed by atoms with van der Waals surface area (Å²) < 4.78 is 6.29. The molecule has 0 saturated heterocycles. The molecule has 0 spiro atoms. The van der Waals surface area contributed by atoms with Crippen LogP contribution in [0.3, 0.4) is 0 Å². The number of carbonyl (C=O) groups is 1. The van der Waals surface area contributed by atoms with Crippen molar-refractivity contribution in [2.45, 2.75) is 20.0 Å². The molecule has 0 unspecified atom stereocenters. The van der Waals surface area contributed by atoms with E-state index in [-0.39, 0.29) is 24.1 Å². The number of aromatic nitrogens is 4. The third kappa shape index (κ3) is 3.46. The molecule has 0 fully saturated rings. The van der Waals surface area contributed by atoms with Gasteiger partial charge in [0.15, 0.2) is 5.82 Å². The van der Waals surface area contributed by atoms with E-state index >= 15 is 0 Å². The number of thiophene rings is 1. The van der Waals surface area contributed by atoms with Crippen molar-refractivity contribution in [3.63, 3.8) is 0 Å². The summed E-state index contributed by atoms with van der Waals surface area (Å²) in [5.41, 5.74) is 0.579. The van der Waals surface area contributed by atoms with Gasteiger partial charge in [-0.15, -0.1) is 11.3 Å². The molecule has 11 heteroatoms. The second-order valence-corrected chi connectivity index (χ2v) is 5.87. The zero-order chi connectivity index (χ0) is 17.1. The summed E-state index contributed by atoms with van der Waals surface area (Å²) >= 11 is 1.53. The minimum absolute atomic E-state index is 0.0708. The van der Waals surface area contributed by atoms with Crippen molar-refractivity contribution in [3.8, 4) is 0 Å². The molecule has 0 atom stereocenters. The normalized spacial score (nSPS) is 10.7.